The number of benzene rings is 1. The molecule has 2 heterocycles. The Bertz CT molecular complexity index is 1010. The summed E-state index contributed by atoms with van der Waals surface area (Å²) in [6.07, 6.45) is 15.7. The smallest absolute Gasteiger partial charge is 0.130 e. The van der Waals surface area contributed by atoms with Gasteiger partial charge >= 0.3 is 0 Å². The minimum atomic E-state index is 0.880. The fraction of sp³-hybridized carbons (Fsp3) is 0.296. The van der Waals surface area contributed by atoms with Gasteiger partial charge in [0.15, 0.2) is 0 Å². The summed E-state index contributed by atoms with van der Waals surface area (Å²) in [6, 6.07) is 8.69. The lowest BCUT2D eigenvalue weighted by molar-refractivity contribution is 0.609. The van der Waals surface area contributed by atoms with Crippen molar-refractivity contribution in [1.29, 1.82) is 0 Å². The second-order valence-corrected chi connectivity index (χ2v) is 7.66. The lowest BCUT2D eigenvalue weighted by atomic mass is 9.96. The molecular formula is C27H33N3. The molecule has 2 N–H and O–H groups in total. The molecule has 0 spiro atoms. The van der Waals surface area contributed by atoms with Crippen LogP contribution >= 0.6 is 0 Å². The Morgan fingerprint density at radius 2 is 2.00 bits per heavy atom. The van der Waals surface area contributed by atoms with Gasteiger partial charge in [0.05, 0.1) is 0 Å². The van der Waals surface area contributed by atoms with Crippen molar-refractivity contribution in [3.63, 3.8) is 0 Å². The maximum Gasteiger partial charge on any atom is 0.130 e. The third-order valence-electron chi connectivity index (χ3n) is 5.42. The van der Waals surface area contributed by atoms with Gasteiger partial charge in [0.1, 0.15) is 5.82 Å². The van der Waals surface area contributed by atoms with Crippen LogP contribution in [0.3, 0.4) is 0 Å². The molecule has 0 atom stereocenters. The highest BCUT2D eigenvalue weighted by Gasteiger charge is 2.08. The zero-order chi connectivity index (χ0) is 21.3. The van der Waals surface area contributed by atoms with Crippen molar-refractivity contribution in [3.05, 3.63) is 89.8 Å². The van der Waals surface area contributed by atoms with Crippen LogP contribution in [-0.4, -0.2) is 18.1 Å². The molecule has 1 aromatic carbocycles. The van der Waals surface area contributed by atoms with E-state index in [0.717, 1.165) is 49.3 Å². The molecule has 1 aliphatic rings. The Morgan fingerprint density at radius 3 is 2.70 bits per heavy atom. The average molecular weight is 400 g/mol. The molecule has 3 heteroatoms. The molecule has 1 aromatic heterocycles. The maximum absolute atomic E-state index is 4.65. The van der Waals surface area contributed by atoms with Gasteiger partial charge in [0.2, 0.25) is 0 Å². The number of aromatic nitrogens is 1. The maximum atomic E-state index is 4.65. The third kappa shape index (κ3) is 5.58. The van der Waals surface area contributed by atoms with Crippen LogP contribution < -0.4 is 10.6 Å². The fourth-order valence-corrected chi connectivity index (χ4v) is 3.89. The summed E-state index contributed by atoms with van der Waals surface area (Å²) in [7, 11) is 0. The molecule has 3 nitrogen and oxygen atoms in total. The van der Waals surface area contributed by atoms with Gasteiger partial charge in [0, 0.05) is 17.3 Å². The number of piperidine rings is 1. The van der Waals surface area contributed by atoms with Crippen LogP contribution in [0.2, 0.25) is 0 Å². The zero-order valence-corrected chi connectivity index (χ0v) is 18.5. The number of pyridine rings is 1. The number of hydrogen-bond acceptors (Lipinski definition) is 3. The van der Waals surface area contributed by atoms with Crippen LogP contribution in [-0.2, 0) is 0 Å². The van der Waals surface area contributed by atoms with E-state index < -0.39 is 0 Å². The summed E-state index contributed by atoms with van der Waals surface area (Å²) in [4.78, 5) is 4.65. The molecule has 0 saturated carbocycles. The van der Waals surface area contributed by atoms with E-state index in [1.54, 1.807) is 0 Å². The van der Waals surface area contributed by atoms with Gasteiger partial charge in [-0.05, 0) is 86.5 Å². The average Bonchev–Trinajstić information content (AvgIpc) is 2.75. The van der Waals surface area contributed by atoms with Crippen molar-refractivity contribution >= 4 is 22.2 Å². The van der Waals surface area contributed by atoms with E-state index in [4.69, 9.17) is 0 Å². The summed E-state index contributed by atoms with van der Waals surface area (Å²) < 4.78 is 0. The van der Waals surface area contributed by atoms with Crippen molar-refractivity contribution in [1.82, 2.24) is 10.3 Å². The molecular weight excluding hydrogens is 366 g/mol. The van der Waals surface area contributed by atoms with Crippen molar-refractivity contribution < 1.29 is 0 Å². The van der Waals surface area contributed by atoms with Crippen molar-refractivity contribution in [2.75, 3.05) is 18.4 Å². The molecule has 1 aliphatic heterocycles. The van der Waals surface area contributed by atoms with Gasteiger partial charge in [-0.1, -0.05) is 55.5 Å². The molecule has 3 rings (SSSR count). The number of nitrogens with one attached hydrogen (secondary N) is 2. The second-order valence-electron chi connectivity index (χ2n) is 7.66. The zero-order valence-electron chi connectivity index (χ0n) is 18.5. The second kappa shape index (κ2) is 10.7. The molecule has 0 aliphatic carbocycles. The predicted molar refractivity (Wildman–Crippen MR) is 132 cm³/mol. The number of anilines is 1. The topological polar surface area (TPSA) is 37.0 Å². The first-order valence-corrected chi connectivity index (χ1v) is 10.9. The minimum Gasteiger partial charge on any atom is -0.340 e. The third-order valence-corrected chi connectivity index (χ3v) is 5.42. The Balaban J connectivity index is 1.90. The predicted octanol–water partition coefficient (Wildman–Crippen LogP) is 6.79. The van der Waals surface area contributed by atoms with Gasteiger partial charge in [-0.3, -0.25) is 0 Å². The highest BCUT2D eigenvalue weighted by Crippen LogP contribution is 2.27. The minimum absolute atomic E-state index is 0.880. The first-order valence-electron chi connectivity index (χ1n) is 10.9. The van der Waals surface area contributed by atoms with Gasteiger partial charge in [-0.15, -0.1) is 0 Å². The van der Waals surface area contributed by atoms with Crippen LogP contribution in [0.5, 0.6) is 0 Å². The van der Waals surface area contributed by atoms with Crippen LogP contribution in [0.1, 0.15) is 45.6 Å². The van der Waals surface area contributed by atoms with Crippen molar-refractivity contribution in [3.8, 4) is 0 Å². The Morgan fingerprint density at radius 1 is 1.20 bits per heavy atom. The normalized spacial score (nSPS) is 16.0. The Labute approximate surface area is 181 Å². The van der Waals surface area contributed by atoms with Crippen molar-refractivity contribution in [2.24, 2.45) is 0 Å². The first-order chi connectivity index (χ1) is 14.6. The lowest BCUT2D eigenvalue weighted by Gasteiger charge is -2.17. The van der Waals surface area contributed by atoms with Crippen LogP contribution in [0, 0.1) is 0 Å². The molecule has 2 aromatic rings. The number of nitrogens with zero attached hydrogens (tertiary/aromatic N) is 1. The highest BCUT2D eigenvalue weighted by atomic mass is 15.0. The SMILES string of the molecule is C=C/C=C(C)\C(=C/C)c1ccc2cnc(N/C(C=C3CCNCC3)=C/CC)cc2c1. The number of allylic oxidation sites excluding steroid dienone is 7. The molecule has 30 heavy (non-hydrogen) atoms. The Kier molecular flexibility index (Phi) is 7.81. The van der Waals surface area contributed by atoms with E-state index in [9.17, 15) is 0 Å². The molecule has 156 valence electrons. The molecule has 0 bridgehead atoms. The molecule has 0 radical (unpaired) electrons. The number of fused-ring (bicyclic) bond motifs is 1. The summed E-state index contributed by atoms with van der Waals surface area (Å²) in [5.74, 6) is 0.880. The van der Waals surface area contributed by atoms with E-state index >= 15 is 0 Å². The standard InChI is InChI=1S/C27H33N3/c1-5-8-20(4)26(7-3)22-10-11-23-19-29-27(18-24(23)17-22)30-25(9-6-2)16-21-12-14-28-15-13-21/h5,7-11,16-19,28H,1,6,12-15H2,2-4H3,(H,29,30)/b20-8-,25-9+,26-7+. The molecule has 0 unspecified atom stereocenters. The van der Waals surface area contributed by atoms with E-state index in [2.05, 4.69) is 91.5 Å². The largest absolute Gasteiger partial charge is 0.340 e. The fourth-order valence-electron chi connectivity index (χ4n) is 3.89. The van der Waals surface area contributed by atoms with Crippen LogP contribution in [0.4, 0.5) is 5.82 Å². The van der Waals surface area contributed by atoms with Crippen LogP contribution in [0.15, 0.2) is 84.3 Å². The quantitative estimate of drug-likeness (QED) is 0.504. The van der Waals surface area contributed by atoms with E-state index in [-0.39, 0.29) is 0 Å². The highest BCUT2D eigenvalue weighted by molar-refractivity contribution is 5.90. The Hall–Kier alpha value is -2.91. The summed E-state index contributed by atoms with van der Waals surface area (Å²) >= 11 is 0. The lowest BCUT2D eigenvalue weighted by Crippen LogP contribution is -2.23. The van der Waals surface area contributed by atoms with E-state index in [0.29, 0.717) is 0 Å². The van der Waals surface area contributed by atoms with Gasteiger partial charge in [-0.25, -0.2) is 4.98 Å². The van der Waals surface area contributed by atoms with E-state index in [1.165, 1.54) is 27.7 Å². The summed E-state index contributed by atoms with van der Waals surface area (Å²) in [5.41, 5.74) is 6.27. The van der Waals surface area contributed by atoms with Crippen molar-refractivity contribution in [2.45, 2.75) is 40.0 Å². The molecule has 1 saturated heterocycles. The van der Waals surface area contributed by atoms with E-state index in [1.807, 2.05) is 12.3 Å². The number of hydrogen-bond donors (Lipinski definition) is 2. The van der Waals surface area contributed by atoms with Gasteiger partial charge in [0.25, 0.3) is 0 Å². The molecule has 0 amide bonds. The summed E-state index contributed by atoms with van der Waals surface area (Å²) in [6.45, 7) is 12.3. The van der Waals surface area contributed by atoms with Gasteiger partial charge in [-0.2, -0.15) is 0 Å². The molecule has 1 fully saturated rings. The van der Waals surface area contributed by atoms with Crippen LogP contribution in [0.25, 0.3) is 16.3 Å². The monoisotopic (exact) mass is 399 g/mol. The first kappa shape index (κ1) is 21.8. The summed E-state index contributed by atoms with van der Waals surface area (Å²) in [5, 5.41) is 9.28. The van der Waals surface area contributed by atoms with Gasteiger partial charge < -0.3 is 10.6 Å². The number of rotatable bonds is 7.